The molecule has 0 radical (unpaired) electrons. The number of aryl methyl sites for hydroxylation is 1. The van der Waals surface area contributed by atoms with E-state index in [4.69, 9.17) is 0 Å². The van der Waals surface area contributed by atoms with Crippen LogP contribution in [-0.2, 0) is 27.5 Å². The first kappa shape index (κ1) is 31.3. The number of nitrogens with one attached hydrogen (secondary N) is 1. The molecule has 2 aromatic heterocycles. The Bertz CT molecular complexity index is 1830. The molecule has 18 heteroatoms. The number of rotatable bonds is 8. The zero-order chi connectivity index (χ0) is 31.8. The molecule has 1 saturated heterocycles. The number of alkyl halides is 5. The number of nitrogens with zero attached hydrogens (tertiary/aromatic N) is 5. The number of fused-ring (bicyclic) bond motifs is 1. The Morgan fingerprint density at radius 3 is 2.43 bits per heavy atom. The Morgan fingerprint density at radius 2 is 1.80 bits per heavy atom. The van der Waals surface area contributed by atoms with E-state index in [0.29, 0.717) is 33.5 Å². The lowest BCUT2D eigenvalue weighted by Crippen LogP contribution is -2.60. The SMILES string of the molecule is Cc1cc(=O)n2nc(N3CCN(S(=O)(=O)c4ccc(C(F)(F)F)cc4)[C@@H](C(=O)NCc4ccc(OC(F)F)cc4)C3)sc2n1. The molecule has 1 amide bonds. The maximum Gasteiger partial charge on any atom is 0.416 e. The van der Waals surface area contributed by atoms with Crippen LogP contribution in [0.1, 0.15) is 16.8 Å². The van der Waals surface area contributed by atoms with Crippen molar-refractivity contribution in [3.8, 4) is 5.75 Å². The maximum absolute atomic E-state index is 13.6. The van der Waals surface area contributed by atoms with Gasteiger partial charge in [-0.2, -0.15) is 30.8 Å². The van der Waals surface area contributed by atoms with E-state index < -0.39 is 50.8 Å². The van der Waals surface area contributed by atoms with Crippen LogP contribution in [0, 0.1) is 6.92 Å². The van der Waals surface area contributed by atoms with Crippen molar-refractivity contribution in [1.29, 1.82) is 0 Å². The first-order valence-corrected chi connectivity index (χ1v) is 15.1. The number of halogens is 5. The second kappa shape index (κ2) is 12.1. The lowest BCUT2D eigenvalue weighted by atomic mass is 10.2. The summed E-state index contributed by atoms with van der Waals surface area (Å²) in [5, 5.41) is 7.22. The molecule has 1 N–H and O–H groups in total. The number of anilines is 1. The zero-order valence-electron chi connectivity index (χ0n) is 22.7. The fourth-order valence-electron chi connectivity index (χ4n) is 4.53. The van der Waals surface area contributed by atoms with Gasteiger partial charge in [-0.3, -0.25) is 9.59 Å². The highest BCUT2D eigenvalue weighted by atomic mass is 32.2. The first-order valence-electron chi connectivity index (χ1n) is 12.9. The second-order valence-corrected chi connectivity index (χ2v) is 12.5. The fourth-order valence-corrected chi connectivity index (χ4v) is 7.08. The van der Waals surface area contributed by atoms with Gasteiger partial charge in [-0.1, -0.05) is 23.5 Å². The number of ether oxygens (including phenoxy) is 1. The summed E-state index contributed by atoms with van der Waals surface area (Å²) in [7, 11) is -4.45. The molecular formula is C26H23F5N6O5S2. The third-order valence-electron chi connectivity index (χ3n) is 6.67. The molecule has 4 aromatic rings. The molecule has 234 valence electrons. The standard InChI is InChI=1S/C26H23F5N6O5S2/c1-15-12-21(38)37-24(33-15)43-25(34-37)35-10-11-36(44(40,41)19-8-4-17(5-9-19)26(29,30)31)20(14-35)22(39)32-13-16-2-6-18(7-3-16)42-23(27)28/h2-9,12,20,23H,10-11,13-14H2,1H3,(H,32,39)/t20-/m1/s1. The topological polar surface area (TPSA) is 126 Å². The van der Waals surface area contributed by atoms with E-state index in [2.05, 4.69) is 20.1 Å². The normalized spacial score (nSPS) is 16.4. The average molecular weight is 659 g/mol. The highest BCUT2D eigenvalue weighted by molar-refractivity contribution is 7.89. The number of carbonyl (C=O) groups is 1. The summed E-state index contributed by atoms with van der Waals surface area (Å²) in [6.45, 7) is -1.87. The summed E-state index contributed by atoms with van der Waals surface area (Å²) in [6, 6.07) is 8.33. The number of hydrogen-bond acceptors (Lipinski definition) is 9. The van der Waals surface area contributed by atoms with Crippen molar-refractivity contribution in [2.24, 2.45) is 0 Å². The molecule has 1 aliphatic rings. The lowest BCUT2D eigenvalue weighted by Gasteiger charge is -2.39. The van der Waals surface area contributed by atoms with Gasteiger partial charge in [0.15, 0.2) is 0 Å². The van der Waals surface area contributed by atoms with Crippen LogP contribution < -0.4 is 20.5 Å². The van der Waals surface area contributed by atoms with Gasteiger partial charge in [0.1, 0.15) is 11.8 Å². The number of piperazine rings is 1. The van der Waals surface area contributed by atoms with Gasteiger partial charge in [0.05, 0.1) is 10.5 Å². The van der Waals surface area contributed by atoms with Gasteiger partial charge < -0.3 is 15.0 Å². The van der Waals surface area contributed by atoms with Crippen LogP contribution in [0.4, 0.5) is 27.1 Å². The van der Waals surface area contributed by atoms with Crippen LogP contribution >= 0.6 is 11.3 Å². The third kappa shape index (κ3) is 6.66. The minimum absolute atomic E-state index is 0.0444. The van der Waals surface area contributed by atoms with Crippen LogP contribution in [0.5, 0.6) is 5.75 Å². The summed E-state index contributed by atoms with van der Waals surface area (Å²) < 4.78 is 97.7. The number of benzene rings is 2. The summed E-state index contributed by atoms with van der Waals surface area (Å²) in [5.74, 6) is -0.822. The molecule has 0 aliphatic carbocycles. The summed E-state index contributed by atoms with van der Waals surface area (Å²) in [4.78, 5) is 31.6. The highest BCUT2D eigenvalue weighted by Crippen LogP contribution is 2.32. The van der Waals surface area contributed by atoms with Gasteiger partial charge in [-0.15, -0.1) is 5.10 Å². The van der Waals surface area contributed by atoms with Gasteiger partial charge in [-0.25, -0.2) is 13.4 Å². The van der Waals surface area contributed by atoms with E-state index in [1.807, 2.05) is 0 Å². The van der Waals surface area contributed by atoms with Gasteiger partial charge in [-0.05, 0) is 48.9 Å². The van der Waals surface area contributed by atoms with Crippen LogP contribution in [-0.4, -0.2) is 65.5 Å². The maximum atomic E-state index is 13.6. The molecule has 0 bridgehead atoms. The Hall–Kier alpha value is -4.16. The smallest absolute Gasteiger partial charge is 0.416 e. The van der Waals surface area contributed by atoms with Crippen molar-refractivity contribution in [2.45, 2.75) is 37.2 Å². The molecule has 2 aromatic carbocycles. The number of hydrogen-bond donors (Lipinski definition) is 1. The molecule has 5 rings (SSSR count). The van der Waals surface area contributed by atoms with Crippen molar-refractivity contribution in [3.63, 3.8) is 0 Å². The van der Waals surface area contributed by atoms with Crippen molar-refractivity contribution in [2.75, 3.05) is 24.5 Å². The molecule has 0 saturated carbocycles. The van der Waals surface area contributed by atoms with Crippen molar-refractivity contribution in [1.82, 2.24) is 24.2 Å². The summed E-state index contributed by atoms with van der Waals surface area (Å²) in [6.07, 6.45) is -4.67. The van der Waals surface area contributed by atoms with E-state index in [1.165, 1.54) is 30.3 Å². The van der Waals surface area contributed by atoms with Gasteiger partial charge in [0.2, 0.25) is 26.0 Å². The summed E-state index contributed by atoms with van der Waals surface area (Å²) in [5.41, 5.74) is -0.478. The second-order valence-electron chi connectivity index (χ2n) is 9.65. The minimum Gasteiger partial charge on any atom is -0.435 e. The summed E-state index contributed by atoms with van der Waals surface area (Å²) >= 11 is 1.07. The molecule has 1 aliphatic heterocycles. The van der Waals surface area contributed by atoms with Crippen LogP contribution in [0.15, 0.2) is 64.3 Å². The third-order valence-corrected chi connectivity index (χ3v) is 9.56. The quantitative estimate of drug-likeness (QED) is 0.286. The van der Waals surface area contributed by atoms with Crippen LogP contribution in [0.2, 0.25) is 0 Å². The van der Waals surface area contributed by atoms with E-state index in [9.17, 15) is 40.0 Å². The molecule has 0 unspecified atom stereocenters. The van der Waals surface area contributed by atoms with Crippen molar-refractivity contribution in [3.05, 3.63) is 81.8 Å². The Morgan fingerprint density at radius 1 is 1.11 bits per heavy atom. The largest absolute Gasteiger partial charge is 0.435 e. The molecule has 1 atom stereocenters. The Kier molecular flexibility index (Phi) is 8.59. The number of carbonyl (C=O) groups excluding carboxylic acids is 1. The van der Waals surface area contributed by atoms with E-state index >= 15 is 0 Å². The first-order chi connectivity index (χ1) is 20.7. The fraction of sp³-hybridized carbons (Fsp3) is 0.308. The van der Waals surface area contributed by atoms with E-state index in [0.717, 1.165) is 32.3 Å². The Labute approximate surface area is 250 Å². The Balaban J connectivity index is 1.42. The molecule has 1 fully saturated rings. The van der Waals surface area contributed by atoms with Crippen molar-refractivity contribution >= 4 is 37.4 Å². The predicted octanol–water partition coefficient (Wildman–Crippen LogP) is 3.28. The number of sulfonamides is 1. The van der Waals surface area contributed by atoms with E-state index in [1.54, 1.807) is 11.8 Å². The average Bonchev–Trinajstić information content (AvgIpc) is 3.40. The molecular weight excluding hydrogens is 635 g/mol. The molecule has 11 nitrogen and oxygen atoms in total. The molecule has 3 heterocycles. The zero-order valence-corrected chi connectivity index (χ0v) is 24.3. The predicted molar refractivity (Wildman–Crippen MR) is 148 cm³/mol. The van der Waals surface area contributed by atoms with Crippen molar-refractivity contribution < 1.29 is 39.9 Å². The number of aromatic nitrogens is 3. The highest BCUT2D eigenvalue weighted by Gasteiger charge is 2.41. The monoisotopic (exact) mass is 658 g/mol. The van der Waals surface area contributed by atoms with Gasteiger partial charge in [0, 0.05) is 37.9 Å². The molecule has 44 heavy (non-hydrogen) atoms. The minimum atomic E-state index is -4.67. The lowest BCUT2D eigenvalue weighted by molar-refractivity contribution is -0.137. The van der Waals surface area contributed by atoms with E-state index in [-0.39, 0.29) is 31.9 Å². The van der Waals surface area contributed by atoms with Crippen LogP contribution in [0.25, 0.3) is 4.96 Å². The molecule has 0 spiro atoms. The van der Waals surface area contributed by atoms with Gasteiger partial charge >= 0.3 is 12.8 Å². The van der Waals surface area contributed by atoms with Gasteiger partial charge in [0.25, 0.3) is 5.56 Å². The van der Waals surface area contributed by atoms with Crippen LogP contribution in [0.3, 0.4) is 0 Å². The number of amides is 1.